The highest BCUT2D eigenvalue weighted by Crippen LogP contribution is 2.16. The second-order valence-electron chi connectivity index (χ2n) is 2.25. The minimum absolute atomic E-state index is 0.571. The normalized spacial score (nSPS) is 10.5. The van der Waals surface area contributed by atoms with Crippen molar-refractivity contribution in [2.24, 2.45) is 0 Å². The predicted molar refractivity (Wildman–Crippen MR) is 48.1 cm³/mol. The molecule has 4 nitrogen and oxygen atoms in total. The molecule has 0 radical (unpaired) electrons. The topological polar surface area (TPSA) is 50.8 Å². The Bertz CT molecular complexity index is 412. The largest absolute Gasteiger partial charge is 0.481 e. The van der Waals surface area contributed by atoms with Crippen molar-refractivity contribution >= 4 is 27.1 Å². The average molecular weight is 228 g/mol. The highest BCUT2D eigenvalue weighted by atomic mass is 79.9. The number of hydrogen-bond donors (Lipinski definition) is 1. The van der Waals surface area contributed by atoms with Crippen molar-refractivity contribution in [2.45, 2.75) is 0 Å². The smallest absolute Gasteiger partial charge is 0.215 e. The Kier molecular flexibility index (Phi) is 1.73. The quantitative estimate of drug-likeness (QED) is 0.808. The second kappa shape index (κ2) is 2.75. The van der Waals surface area contributed by atoms with E-state index in [9.17, 15) is 0 Å². The molecule has 0 amide bonds. The number of nitrogens with one attached hydrogen (secondary N) is 1. The summed E-state index contributed by atoms with van der Waals surface area (Å²) in [6.07, 6.45) is 0. The molecule has 0 spiro atoms. The fraction of sp³-hybridized carbons (Fsp3) is 0.143. The van der Waals surface area contributed by atoms with Crippen LogP contribution in [0.3, 0.4) is 0 Å². The van der Waals surface area contributed by atoms with E-state index in [0.29, 0.717) is 16.3 Å². The van der Waals surface area contributed by atoms with E-state index in [1.807, 2.05) is 6.07 Å². The van der Waals surface area contributed by atoms with E-state index in [2.05, 4.69) is 30.9 Å². The summed E-state index contributed by atoms with van der Waals surface area (Å²) in [5, 5.41) is 0. The average Bonchev–Trinajstić information content (AvgIpc) is 2.43. The molecule has 2 rings (SSSR count). The highest BCUT2D eigenvalue weighted by molar-refractivity contribution is 9.10. The van der Waals surface area contributed by atoms with Crippen LogP contribution >= 0.6 is 15.9 Å². The Morgan fingerprint density at radius 3 is 3.00 bits per heavy atom. The van der Waals surface area contributed by atoms with Gasteiger partial charge < -0.3 is 9.72 Å². The maximum Gasteiger partial charge on any atom is 0.215 e. The van der Waals surface area contributed by atoms with Crippen molar-refractivity contribution < 1.29 is 4.74 Å². The number of rotatable bonds is 1. The van der Waals surface area contributed by atoms with Gasteiger partial charge in [0.15, 0.2) is 10.4 Å². The number of aromatic amines is 1. The van der Waals surface area contributed by atoms with Gasteiger partial charge in [-0.25, -0.2) is 4.98 Å². The molecule has 2 aromatic heterocycles. The van der Waals surface area contributed by atoms with Crippen LogP contribution in [-0.4, -0.2) is 22.1 Å². The Hall–Kier alpha value is -1.10. The molecular weight excluding hydrogens is 222 g/mol. The van der Waals surface area contributed by atoms with Gasteiger partial charge in [0.25, 0.3) is 0 Å². The van der Waals surface area contributed by atoms with Crippen molar-refractivity contribution in [1.29, 1.82) is 0 Å². The summed E-state index contributed by atoms with van der Waals surface area (Å²) >= 11 is 3.22. The van der Waals surface area contributed by atoms with Gasteiger partial charge in [-0.05, 0) is 22.0 Å². The highest BCUT2D eigenvalue weighted by Gasteiger charge is 2.01. The van der Waals surface area contributed by atoms with Crippen molar-refractivity contribution in [3.8, 4) is 5.88 Å². The molecule has 0 saturated heterocycles. The zero-order valence-electron chi connectivity index (χ0n) is 6.34. The van der Waals surface area contributed by atoms with Crippen LogP contribution in [-0.2, 0) is 0 Å². The molecule has 2 aromatic rings. The molecule has 0 aliphatic carbocycles. The molecule has 12 heavy (non-hydrogen) atoms. The molecular formula is C7H6BrN3O. The maximum absolute atomic E-state index is 4.95. The van der Waals surface area contributed by atoms with Gasteiger partial charge in [-0.15, -0.1) is 0 Å². The molecule has 2 heterocycles. The molecule has 5 heteroatoms. The first-order valence-electron chi connectivity index (χ1n) is 3.36. The summed E-state index contributed by atoms with van der Waals surface area (Å²) in [6, 6.07) is 3.66. The van der Waals surface area contributed by atoms with Crippen LogP contribution in [0.25, 0.3) is 11.2 Å². The van der Waals surface area contributed by atoms with Crippen LogP contribution in [0, 0.1) is 0 Å². The number of pyridine rings is 1. The number of hydrogen-bond acceptors (Lipinski definition) is 3. The fourth-order valence-electron chi connectivity index (χ4n) is 0.960. The number of ether oxygens (including phenoxy) is 1. The number of halogens is 1. The van der Waals surface area contributed by atoms with Crippen molar-refractivity contribution in [1.82, 2.24) is 15.0 Å². The van der Waals surface area contributed by atoms with Crippen molar-refractivity contribution in [3.63, 3.8) is 0 Å². The third-order valence-electron chi connectivity index (χ3n) is 1.50. The third kappa shape index (κ3) is 1.16. The fourth-order valence-corrected chi connectivity index (χ4v) is 1.34. The molecule has 0 aliphatic heterocycles. The minimum atomic E-state index is 0.571. The molecule has 0 bridgehead atoms. The minimum Gasteiger partial charge on any atom is -0.481 e. The van der Waals surface area contributed by atoms with E-state index in [-0.39, 0.29) is 0 Å². The van der Waals surface area contributed by atoms with E-state index >= 15 is 0 Å². The monoisotopic (exact) mass is 227 g/mol. The second-order valence-corrected chi connectivity index (χ2v) is 3.00. The number of nitrogens with zero attached hydrogens (tertiary/aromatic N) is 2. The van der Waals surface area contributed by atoms with Crippen LogP contribution in [0.2, 0.25) is 0 Å². The summed E-state index contributed by atoms with van der Waals surface area (Å²) in [5.41, 5.74) is 1.55. The SMILES string of the molecule is COc1ccc2[nH]c(Br)nc2n1. The summed E-state index contributed by atoms with van der Waals surface area (Å²) in [4.78, 5) is 11.2. The van der Waals surface area contributed by atoms with Gasteiger partial charge in [0.1, 0.15) is 0 Å². The van der Waals surface area contributed by atoms with Crippen LogP contribution in [0.15, 0.2) is 16.9 Å². The maximum atomic E-state index is 4.95. The molecule has 0 unspecified atom stereocenters. The van der Waals surface area contributed by atoms with E-state index in [1.54, 1.807) is 13.2 Å². The molecule has 0 fully saturated rings. The molecule has 1 N–H and O–H groups in total. The van der Waals surface area contributed by atoms with Gasteiger partial charge in [-0.1, -0.05) is 0 Å². The molecule has 0 atom stereocenters. The van der Waals surface area contributed by atoms with Crippen LogP contribution < -0.4 is 4.74 Å². The van der Waals surface area contributed by atoms with Crippen molar-refractivity contribution in [3.05, 3.63) is 16.9 Å². The number of methoxy groups -OCH3 is 1. The van der Waals surface area contributed by atoms with Gasteiger partial charge in [0, 0.05) is 6.07 Å². The lowest BCUT2D eigenvalue weighted by atomic mass is 10.4. The first-order chi connectivity index (χ1) is 5.79. The van der Waals surface area contributed by atoms with Gasteiger partial charge in [-0.3, -0.25) is 0 Å². The van der Waals surface area contributed by atoms with Gasteiger partial charge in [-0.2, -0.15) is 4.98 Å². The van der Waals surface area contributed by atoms with Crippen molar-refractivity contribution in [2.75, 3.05) is 7.11 Å². The van der Waals surface area contributed by atoms with Gasteiger partial charge in [0.05, 0.1) is 12.6 Å². The van der Waals surface area contributed by atoms with Crippen LogP contribution in [0.4, 0.5) is 0 Å². The summed E-state index contributed by atoms with van der Waals surface area (Å²) < 4.78 is 5.63. The van der Waals surface area contributed by atoms with E-state index in [0.717, 1.165) is 5.52 Å². The van der Waals surface area contributed by atoms with Gasteiger partial charge >= 0.3 is 0 Å². The number of aromatic nitrogens is 3. The first kappa shape index (κ1) is 7.54. The van der Waals surface area contributed by atoms with E-state index in [4.69, 9.17) is 4.74 Å². The lowest BCUT2D eigenvalue weighted by molar-refractivity contribution is 0.399. The van der Waals surface area contributed by atoms with E-state index < -0.39 is 0 Å². The van der Waals surface area contributed by atoms with Gasteiger partial charge in [0.2, 0.25) is 5.88 Å². The zero-order chi connectivity index (χ0) is 8.55. The lowest BCUT2D eigenvalue weighted by Gasteiger charge is -1.95. The summed E-state index contributed by atoms with van der Waals surface area (Å²) in [7, 11) is 1.58. The molecule has 62 valence electrons. The molecule has 0 saturated carbocycles. The Balaban J connectivity index is 2.66. The summed E-state index contributed by atoms with van der Waals surface area (Å²) in [6.45, 7) is 0. The molecule has 0 aromatic carbocycles. The number of H-pyrrole nitrogens is 1. The number of fused-ring (bicyclic) bond motifs is 1. The first-order valence-corrected chi connectivity index (χ1v) is 4.15. The number of imidazole rings is 1. The predicted octanol–water partition coefficient (Wildman–Crippen LogP) is 1.73. The van der Waals surface area contributed by atoms with E-state index in [1.165, 1.54) is 0 Å². The Morgan fingerprint density at radius 2 is 2.25 bits per heavy atom. The molecule has 0 aliphatic rings. The standard InChI is InChI=1S/C7H6BrN3O/c1-12-5-3-2-4-6(10-5)11-7(8)9-4/h2-3H,1H3,(H,9,10,11). The van der Waals surface area contributed by atoms with Crippen LogP contribution in [0.5, 0.6) is 5.88 Å². The zero-order valence-corrected chi connectivity index (χ0v) is 7.92. The van der Waals surface area contributed by atoms with Crippen LogP contribution in [0.1, 0.15) is 0 Å². The Labute approximate surface area is 77.1 Å². The Morgan fingerprint density at radius 1 is 1.42 bits per heavy atom. The summed E-state index contributed by atoms with van der Waals surface area (Å²) in [5.74, 6) is 0.571. The third-order valence-corrected chi connectivity index (χ3v) is 1.88. The lowest BCUT2D eigenvalue weighted by Crippen LogP contribution is -1.86.